The molecule has 2 aromatic rings. The van der Waals surface area contributed by atoms with Crippen molar-refractivity contribution in [2.45, 2.75) is 6.42 Å². The van der Waals surface area contributed by atoms with Crippen LogP contribution in [0.5, 0.6) is 0 Å². The van der Waals surface area contributed by atoms with Crippen molar-refractivity contribution < 1.29 is 0 Å². The first-order chi connectivity index (χ1) is 6.31. The molecule has 0 saturated heterocycles. The summed E-state index contributed by atoms with van der Waals surface area (Å²) in [5, 5.41) is 5.58. The third-order valence-corrected chi connectivity index (χ3v) is 2.15. The molecule has 1 heterocycles. The smallest absolute Gasteiger partial charge is 0.0955 e. The number of fused-ring (bicyclic) bond motifs is 1. The van der Waals surface area contributed by atoms with Crippen molar-refractivity contribution in [3.05, 3.63) is 30.0 Å². The molecule has 3 nitrogen and oxygen atoms in total. The van der Waals surface area contributed by atoms with Crippen molar-refractivity contribution in [1.82, 2.24) is 9.78 Å². The Hall–Kier alpha value is -1.35. The van der Waals surface area contributed by atoms with Gasteiger partial charge in [-0.2, -0.15) is 5.10 Å². The monoisotopic (exact) mass is 175 g/mol. The number of rotatable bonds is 2. The topological polar surface area (TPSA) is 43.8 Å². The van der Waals surface area contributed by atoms with Gasteiger partial charge in [0.05, 0.1) is 5.52 Å². The number of benzene rings is 1. The molecule has 0 spiro atoms. The Morgan fingerprint density at radius 1 is 1.46 bits per heavy atom. The highest BCUT2D eigenvalue weighted by Crippen LogP contribution is 2.16. The molecule has 0 aliphatic rings. The van der Waals surface area contributed by atoms with Gasteiger partial charge in [0.15, 0.2) is 0 Å². The number of hydrogen-bond acceptors (Lipinski definition) is 2. The summed E-state index contributed by atoms with van der Waals surface area (Å²) in [4.78, 5) is 0. The molecule has 2 rings (SSSR count). The molecule has 0 saturated carbocycles. The summed E-state index contributed by atoms with van der Waals surface area (Å²) in [5.41, 5.74) is 7.84. The molecular formula is C10H13N3. The number of nitrogens with two attached hydrogens (primary N) is 1. The molecule has 0 unspecified atom stereocenters. The van der Waals surface area contributed by atoms with Crippen molar-refractivity contribution >= 4 is 10.9 Å². The summed E-state index contributed by atoms with van der Waals surface area (Å²) < 4.78 is 1.84. The van der Waals surface area contributed by atoms with Gasteiger partial charge >= 0.3 is 0 Å². The van der Waals surface area contributed by atoms with Gasteiger partial charge in [0.25, 0.3) is 0 Å². The molecule has 1 aromatic heterocycles. The largest absolute Gasteiger partial charge is 0.330 e. The van der Waals surface area contributed by atoms with Crippen molar-refractivity contribution in [3.8, 4) is 0 Å². The quantitative estimate of drug-likeness (QED) is 0.742. The first kappa shape index (κ1) is 8.26. The van der Waals surface area contributed by atoms with E-state index in [9.17, 15) is 0 Å². The SMILES string of the molecule is Cn1cc2cccc(CCN)c2n1. The Balaban J connectivity index is 2.60. The van der Waals surface area contributed by atoms with Crippen molar-refractivity contribution in [2.75, 3.05) is 6.54 Å². The number of aromatic nitrogens is 2. The van der Waals surface area contributed by atoms with Crippen LogP contribution in [-0.2, 0) is 13.5 Å². The Labute approximate surface area is 77.2 Å². The normalized spacial score (nSPS) is 10.9. The zero-order chi connectivity index (χ0) is 9.26. The summed E-state index contributed by atoms with van der Waals surface area (Å²) in [6.07, 6.45) is 2.92. The Morgan fingerprint density at radius 3 is 3.08 bits per heavy atom. The summed E-state index contributed by atoms with van der Waals surface area (Å²) in [7, 11) is 1.94. The van der Waals surface area contributed by atoms with Crippen LogP contribution in [0, 0.1) is 0 Å². The van der Waals surface area contributed by atoms with E-state index in [1.807, 2.05) is 17.9 Å². The average molecular weight is 175 g/mol. The van der Waals surface area contributed by atoms with Crippen LogP contribution >= 0.6 is 0 Å². The molecule has 0 bridgehead atoms. The molecule has 0 aliphatic carbocycles. The van der Waals surface area contributed by atoms with Crippen LogP contribution in [0.2, 0.25) is 0 Å². The second-order valence-corrected chi connectivity index (χ2v) is 3.20. The standard InChI is InChI=1S/C10H13N3/c1-13-7-9-4-2-3-8(5-6-11)10(9)12-13/h2-4,7H,5-6,11H2,1H3. The number of aryl methyl sites for hydroxylation is 1. The van der Waals surface area contributed by atoms with Gasteiger partial charge in [0.2, 0.25) is 0 Å². The maximum absolute atomic E-state index is 5.52. The predicted molar refractivity (Wildman–Crippen MR) is 53.5 cm³/mol. The molecule has 0 radical (unpaired) electrons. The first-order valence-electron chi connectivity index (χ1n) is 4.42. The van der Waals surface area contributed by atoms with Crippen LogP contribution in [0.25, 0.3) is 10.9 Å². The van der Waals surface area contributed by atoms with Crippen molar-refractivity contribution in [3.63, 3.8) is 0 Å². The van der Waals surface area contributed by atoms with Gasteiger partial charge < -0.3 is 5.73 Å². The van der Waals surface area contributed by atoms with E-state index in [4.69, 9.17) is 5.73 Å². The van der Waals surface area contributed by atoms with E-state index in [0.29, 0.717) is 6.54 Å². The van der Waals surface area contributed by atoms with Crippen LogP contribution < -0.4 is 5.73 Å². The highest BCUT2D eigenvalue weighted by Gasteiger charge is 2.02. The van der Waals surface area contributed by atoms with E-state index >= 15 is 0 Å². The minimum Gasteiger partial charge on any atom is -0.330 e. The summed E-state index contributed by atoms with van der Waals surface area (Å²) in [6, 6.07) is 6.21. The molecule has 3 heteroatoms. The van der Waals surface area contributed by atoms with Gasteiger partial charge in [0.1, 0.15) is 0 Å². The molecule has 0 aliphatic heterocycles. The third-order valence-electron chi connectivity index (χ3n) is 2.15. The average Bonchev–Trinajstić information content (AvgIpc) is 2.47. The van der Waals surface area contributed by atoms with Crippen molar-refractivity contribution in [2.24, 2.45) is 12.8 Å². The second-order valence-electron chi connectivity index (χ2n) is 3.20. The fourth-order valence-electron chi connectivity index (χ4n) is 1.58. The lowest BCUT2D eigenvalue weighted by molar-refractivity contribution is 0.777. The van der Waals surface area contributed by atoms with Crippen LogP contribution in [0.15, 0.2) is 24.4 Å². The maximum atomic E-state index is 5.52. The van der Waals surface area contributed by atoms with Crippen LogP contribution in [0.3, 0.4) is 0 Å². The maximum Gasteiger partial charge on any atom is 0.0955 e. The Bertz CT molecular complexity index is 417. The zero-order valence-corrected chi connectivity index (χ0v) is 7.70. The molecule has 2 N–H and O–H groups in total. The van der Waals surface area contributed by atoms with Crippen LogP contribution in [0.1, 0.15) is 5.56 Å². The molecule has 0 atom stereocenters. The van der Waals surface area contributed by atoms with E-state index in [0.717, 1.165) is 11.9 Å². The van der Waals surface area contributed by atoms with Gasteiger partial charge in [0, 0.05) is 18.6 Å². The highest BCUT2D eigenvalue weighted by atomic mass is 15.2. The molecule has 13 heavy (non-hydrogen) atoms. The van der Waals surface area contributed by atoms with E-state index < -0.39 is 0 Å². The Kier molecular flexibility index (Phi) is 2.02. The summed E-state index contributed by atoms with van der Waals surface area (Å²) >= 11 is 0. The summed E-state index contributed by atoms with van der Waals surface area (Å²) in [5.74, 6) is 0. The zero-order valence-electron chi connectivity index (χ0n) is 7.70. The van der Waals surface area contributed by atoms with Gasteiger partial charge in [-0.1, -0.05) is 18.2 Å². The number of hydrogen-bond donors (Lipinski definition) is 1. The van der Waals surface area contributed by atoms with E-state index in [-0.39, 0.29) is 0 Å². The lowest BCUT2D eigenvalue weighted by atomic mass is 10.1. The minimum absolute atomic E-state index is 0.676. The summed E-state index contributed by atoms with van der Waals surface area (Å²) in [6.45, 7) is 0.676. The lowest BCUT2D eigenvalue weighted by Crippen LogP contribution is -2.03. The van der Waals surface area contributed by atoms with Gasteiger partial charge in [-0.05, 0) is 18.5 Å². The third kappa shape index (κ3) is 1.42. The molecule has 68 valence electrons. The van der Waals surface area contributed by atoms with Crippen LogP contribution in [-0.4, -0.2) is 16.3 Å². The molecule has 0 fully saturated rings. The predicted octanol–water partition coefficient (Wildman–Crippen LogP) is 1.07. The lowest BCUT2D eigenvalue weighted by Gasteiger charge is -1.98. The van der Waals surface area contributed by atoms with Crippen LogP contribution in [0.4, 0.5) is 0 Å². The van der Waals surface area contributed by atoms with E-state index in [2.05, 4.69) is 23.3 Å². The van der Waals surface area contributed by atoms with Gasteiger partial charge in [-0.15, -0.1) is 0 Å². The van der Waals surface area contributed by atoms with Crippen molar-refractivity contribution in [1.29, 1.82) is 0 Å². The van der Waals surface area contributed by atoms with Gasteiger partial charge in [-0.25, -0.2) is 0 Å². The first-order valence-corrected chi connectivity index (χ1v) is 4.42. The molecule has 0 amide bonds. The molecular weight excluding hydrogens is 162 g/mol. The molecule has 1 aromatic carbocycles. The fraction of sp³-hybridized carbons (Fsp3) is 0.300. The fourth-order valence-corrected chi connectivity index (χ4v) is 1.58. The Morgan fingerprint density at radius 2 is 2.31 bits per heavy atom. The number of nitrogens with zero attached hydrogens (tertiary/aromatic N) is 2. The minimum atomic E-state index is 0.676. The van der Waals surface area contributed by atoms with E-state index in [1.165, 1.54) is 10.9 Å². The van der Waals surface area contributed by atoms with Gasteiger partial charge in [-0.3, -0.25) is 4.68 Å². The second kappa shape index (κ2) is 3.18. The highest BCUT2D eigenvalue weighted by molar-refractivity contribution is 5.81. The van der Waals surface area contributed by atoms with E-state index in [1.54, 1.807) is 0 Å².